The molecule has 0 amide bonds. The van der Waals surface area contributed by atoms with E-state index in [-0.39, 0.29) is 6.42 Å². The first-order valence-electron chi connectivity index (χ1n) is 11.0. The summed E-state index contributed by atoms with van der Waals surface area (Å²) in [6.45, 7) is 9.19. The summed E-state index contributed by atoms with van der Waals surface area (Å²) in [5.41, 5.74) is -0.691. The summed E-state index contributed by atoms with van der Waals surface area (Å²) in [7, 11) is 2.68. The molecule has 0 unspecified atom stereocenters. The third-order valence-electron chi connectivity index (χ3n) is 5.65. The van der Waals surface area contributed by atoms with Crippen molar-refractivity contribution in [3.05, 3.63) is 24.3 Å². The predicted molar refractivity (Wildman–Crippen MR) is 117 cm³/mol. The zero-order chi connectivity index (χ0) is 23.5. The van der Waals surface area contributed by atoms with Gasteiger partial charge in [-0.15, -0.1) is 6.58 Å². The third kappa shape index (κ3) is 7.01. The monoisotopic (exact) mass is 438 g/mol. The molecule has 0 aromatic rings. The molecule has 1 rings (SSSR count). The van der Waals surface area contributed by atoms with Crippen LogP contribution in [0.1, 0.15) is 72.1 Å². The molecule has 1 aliphatic rings. The second-order valence-electron chi connectivity index (χ2n) is 8.46. The van der Waals surface area contributed by atoms with Gasteiger partial charge in [-0.3, -0.25) is 4.79 Å². The number of unbranched alkanes of at least 4 members (excludes halogenated alkanes) is 4. The van der Waals surface area contributed by atoms with Crippen LogP contribution >= 0.6 is 0 Å². The normalized spacial score (nSPS) is 25.1. The molecule has 0 saturated carbocycles. The predicted octanol–water partition coefficient (Wildman–Crippen LogP) is 4.29. The molecule has 7 nitrogen and oxygen atoms in total. The van der Waals surface area contributed by atoms with Crippen LogP contribution in [0.25, 0.3) is 0 Å². The molecule has 0 spiro atoms. The minimum Gasteiger partial charge on any atom is -0.466 e. The Morgan fingerprint density at radius 3 is 2.45 bits per heavy atom. The molecule has 176 valence electrons. The van der Waals surface area contributed by atoms with Crippen molar-refractivity contribution in [2.45, 2.75) is 90.1 Å². The maximum absolute atomic E-state index is 12.7. The molecule has 1 fully saturated rings. The van der Waals surface area contributed by atoms with Crippen LogP contribution in [-0.4, -0.2) is 50.4 Å². The molecule has 3 atom stereocenters. The average Bonchev–Trinajstić information content (AvgIpc) is 2.74. The van der Waals surface area contributed by atoms with E-state index in [4.69, 9.17) is 18.9 Å². The van der Waals surface area contributed by atoms with E-state index in [2.05, 4.69) is 13.5 Å². The van der Waals surface area contributed by atoms with E-state index in [1.165, 1.54) is 20.3 Å². The Morgan fingerprint density at radius 1 is 1.23 bits per heavy atom. The average molecular weight is 439 g/mol. The third-order valence-corrected chi connectivity index (χ3v) is 5.65. The lowest BCUT2D eigenvalue weighted by Crippen LogP contribution is -2.63. The van der Waals surface area contributed by atoms with Gasteiger partial charge in [-0.05, 0) is 38.7 Å². The summed E-state index contributed by atoms with van der Waals surface area (Å²) in [6.07, 6.45) is 8.21. The number of methoxy groups -OCH3 is 2. The summed E-state index contributed by atoms with van der Waals surface area (Å²) < 4.78 is 22.6. The standard InChI is InChI=1S/C24H38O7/c1-7-9-10-11-12-14-20(26)30-22-18(16-21(27)28-5)15-19(13-8-2)31-24(22,29-6)23(3,4)17-25/h8,16-17,19,22H,2,7,9-15H2,1,3-6H3/t19-,22+,24-/m1/s1. The highest BCUT2D eigenvalue weighted by Gasteiger charge is 2.59. The van der Waals surface area contributed by atoms with E-state index in [9.17, 15) is 14.4 Å². The molecule has 1 aliphatic heterocycles. The van der Waals surface area contributed by atoms with Gasteiger partial charge in [0, 0.05) is 19.6 Å². The molecular formula is C24H38O7. The highest BCUT2D eigenvalue weighted by atomic mass is 16.7. The van der Waals surface area contributed by atoms with Crippen molar-refractivity contribution in [1.29, 1.82) is 0 Å². The van der Waals surface area contributed by atoms with Crippen LogP contribution in [-0.2, 0) is 33.3 Å². The van der Waals surface area contributed by atoms with Gasteiger partial charge in [-0.1, -0.05) is 38.7 Å². The number of carbonyl (C=O) groups is 3. The number of hydrogen-bond donors (Lipinski definition) is 0. The van der Waals surface area contributed by atoms with Gasteiger partial charge < -0.3 is 23.7 Å². The fourth-order valence-corrected chi connectivity index (χ4v) is 3.83. The van der Waals surface area contributed by atoms with Crippen molar-refractivity contribution in [1.82, 2.24) is 0 Å². The molecule has 0 N–H and O–H groups in total. The van der Waals surface area contributed by atoms with Gasteiger partial charge >= 0.3 is 11.9 Å². The molecule has 0 aromatic carbocycles. The molecule has 1 heterocycles. The van der Waals surface area contributed by atoms with Gasteiger partial charge in [0.25, 0.3) is 0 Å². The zero-order valence-electron chi connectivity index (χ0n) is 19.6. The second-order valence-corrected chi connectivity index (χ2v) is 8.46. The van der Waals surface area contributed by atoms with Crippen LogP contribution in [0.15, 0.2) is 24.3 Å². The fraction of sp³-hybridized carbons (Fsp3) is 0.708. The first-order valence-corrected chi connectivity index (χ1v) is 11.0. The first kappa shape index (κ1) is 27.0. The largest absolute Gasteiger partial charge is 0.466 e. The number of ether oxygens (including phenoxy) is 4. The van der Waals surface area contributed by atoms with Crippen molar-refractivity contribution < 1.29 is 33.3 Å². The molecule has 1 saturated heterocycles. The number of esters is 2. The quantitative estimate of drug-likeness (QED) is 0.139. The number of aldehydes is 1. The summed E-state index contributed by atoms with van der Waals surface area (Å²) in [5.74, 6) is -2.60. The van der Waals surface area contributed by atoms with Gasteiger partial charge in [0.2, 0.25) is 5.79 Å². The minimum absolute atomic E-state index is 0.239. The highest BCUT2D eigenvalue weighted by molar-refractivity contribution is 5.83. The van der Waals surface area contributed by atoms with Crippen LogP contribution in [0, 0.1) is 5.41 Å². The van der Waals surface area contributed by atoms with Crippen molar-refractivity contribution in [3.8, 4) is 0 Å². The van der Waals surface area contributed by atoms with Crippen molar-refractivity contribution in [2.75, 3.05) is 14.2 Å². The van der Waals surface area contributed by atoms with Gasteiger partial charge in [0.15, 0.2) is 6.10 Å². The molecular weight excluding hydrogens is 400 g/mol. The van der Waals surface area contributed by atoms with Crippen molar-refractivity contribution in [2.24, 2.45) is 5.41 Å². The Morgan fingerprint density at radius 2 is 1.90 bits per heavy atom. The molecule has 0 aromatic heterocycles. The number of hydrogen-bond acceptors (Lipinski definition) is 7. The van der Waals surface area contributed by atoms with E-state index in [0.29, 0.717) is 31.1 Å². The Hall–Kier alpha value is -1.99. The summed E-state index contributed by atoms with van der Waals surface area (Å²) in [4.78, 5) is 36.8. The second kappa shape index (κ2) is 12.8. The maximum atomic E-state index is 12.7. The summed E-state index contributed by atoms with van der Waals surface area (Å²) in [6, 6.07) is 0. The lowest BCUT2D eigenvalue weighted by Gasteiger charge is -2.51. The number of carbonyl (C=O) groups excluding carboxylic acids is 3. The fourth-order valence-electron chi connectivity index (χ4n) is 3.83. The van der Waals surface area contributed by atoms with E-state index in [1.54, 1.807) is 19.9 Å². The van der Waals surface area contributed by atoms with Crippen molar-refractivity contribution in [3.63, 3.8) is 0 Å². The molecule has 31 heavy (non-hydrogen) atoms. The van der Waals surface area contributed by atoms with E-state index >= 15 is 0 Å². The van der Waals surface area contributed by atoms with Crippen LogP contribution in [0.5, 0.6) is 0 Å². The van der Waals surface area contributed by atoms with E-state index in [1.807, 2.05) is 0 Å². The number of rotatable bonds is 13. The Balaban J connectivity index is 3.28. The SMILES string of the molecule is C=CC[C@@H]1CC(=CC(=O)OC)[C@H](OC(=O)CCCCCCC)[C@](OC)(C(C)(C)C=O)O1. The highest BCUT2D eigenvalue weighted by Crippen LogP contribution is 2.46. The molecule has 7 heteroatoms. The topological polar surface area (TPSA) is 88.1 Å². The smallest absolute Gasteiger partial charge is 0.330 e. The van der Waals surface area contributed by atoms with Crippen LogP contribution in [0.3, 0.4) is 0 Å². The summed E-state index contributed by atoms with van der Waals surface area (Å²) >= 11 is 0. The molecule has 0 bridgehead atoms. The van der Waals surface area contributed by atoms with E-state index < -0.39 is 35.3 Å². The lowest BCUT2D eigenvalue weighted by molar-refractivity contribution is -0.334. The molecule has 0 aliphatic carbocycles. The van der Waals surface area contributed by atoms with Gasteiger partial charge in [0.05, 0.1) is 18.6 Å². The lowest BCUT2D eigenvalue weighted by atomic mass is 9.75. The van der Waals surface area contributed by atoms with Crippen LogP contribution in [0.4, 0.5) is 0 Å². The van der Waals surface area contributed by atoms with Crippen molar-refractivity contribution >= 4 is 18.2 Å². The van der Waals surface area contributed by atoms with Gasteiger partial charge in [0.1, 0.15) is 6.29 Å². The Bertz CT molecular complexity index is 652. The van der Waals surface area contributed by atoms with Gasteiger partial charge in [-0.2, -0.15) is 0 Å². The molecule has 0 radical (unpaired) electrons. The zero-order valence-corrected chi connectivity index (χ0v) is 19.6. The van der Waals surface area contributed by atoms with Crippen LogP contribution in [0.2, 0.25) is 0 Å². The summed E-state index contributed by atoms with van der Waals surface area (Å²) in [5, 5.41) is 0. The van der Waals surface area contributed by atoms with Crippen LogP contribution < -0.4 is 0 Å². The van der Waals surface area contributed by atoms with Gasteiger partial charge in [-0.25, -0.2) is 4.79 Å². The maximum Gasteiger partial charge on any atom is 0.330 e. The minimum atomic E-state index is -1.60. The van der Waals surface area contributed by atoms with E-state index in [0.717, 1.165) is 25.7 Å². The Kier molecular flexibility index (Phi) is 11.1. The first-order chi connectivity index (χ1) is 14.7. The Labute approximate surface area is 186 Å².